The van der Waals surface area contributed by atoms with Crippen LogP contribution in [0.1, 0.15) is 56.2 Å². The van der Waals surface area contributed by atoms with Crippen LogP contribution in [0.25, 0.3) is 0 Å². The number of rotatable bonds is 5. The van der Waals surface area contributed by atoms with E-state index in [1.807, 2.05) is 13.0 Å². The summed E-state index contributed by atoms with van der Waals surface area (Å²) in [4.78, 5) is 22.1. The maximum Gasteiger partial charge on any atom is 0.303 e. The first kappa shape index (κ1) is 15.9. The molecule has 0 atom stereocenters. The van der Waals surface area contributed by atoms with Gasteiger partial charge in [-0.15, -0.1) is 0 Å². The fraction of sp³-hybridized carbons (Fsp3) is 0.688. The lowest BCUT2D eigenvalue weighted by atomic mass is 9.92. The zero-order valence-electron chi connectivity index (χ0n) is 13.2. The van der Waals surface area contributed by atoms with Crippen LogP contribution < -0.4 is 0 Å². The molecule has 5 nitrogen and oxygen atoms in total. The van der Waals surface area contributed by atoms with Gasteiger partial charge in [-0.05, 0) is 52.8 Å². The molecular formula is C16H25N3O2. The van der Waals surface area contributed by atoms with Crippen LogP contribution in [0.15, 0.2) is 6.07 Å². The number of likely N-dealkylation sites (tertiary alicyclic amines) is 1. The Morgan fingerprint density at radius 1 is 1.38 bits per heavy atom. The number of aliphatic carboxylic acids is 1. The van der Waals surface area contributed by atoms with Crippen molar-refractivity contribution in [3.05, 3.63) is 23.3 Å². The molecule has 1 aliphatic heterocycles. The van der Waals surface area contributed by atoms with E-state index in [0.717, 1.165) is 43.1 Å². The van der Waals surface area contributed by atoms with Gasteiger partial charge in [0.2, 0.25) is 0 Å². The van der Waals surface area contributed by atoms with Crippen molar-refractivity contribution in [2.45, 2.75) is 58.4 Å². The molecule has 1 saturated heterocycles. The third-order valence-electron chi connectivity index (χ3n) is 4.18. The maximum atomic E-state index is 10.7. The number of hydrogen-bond donors (Lipinski definition) is 1. The molecule has 0 spiro atoms. The molecule has 0 aliphatic carbocycles. The number of aryl methyl sites for hydroxylation is 2. The van der Waals surface area contributed by atoms with Crippen molar-refractivity contribution in [3.8, 4) is 0 Å². The predicted octanol–water partition coefficient (Wildman–Crippen LogP) is 2.39. The zero-order chi connectivity index (χ0) is 15.4. The summed E-state index contributed by atoms with van der Waals surface area (Å²) in [6.45, 7) is 8.57. The van der Waals surface area contributed by atoms with E-state index in [-0.39, 0.29) is 6.42 Å². The minimum atomic E-state index is -0.780. The molecule has 2 rings (SSSR count). The van der Waals surface area contributed by atoms with E-state index in [2.05, 4.69) is 28.7 Å². The fourth-order valence-electron chi connectivity index (χ4n) is 2.94. The first-order valence-corrected chi connectivity index (χ1v) is 7.76. The third-order valence-corrected chi connectivity index (χ3v) is 4.18. The van der Waals surface area contributed by atoms with E-state index >= 15 is 0 Å². The Hall–Kier alpha value is -1.49. The third kappa shape index (κ3) is 4.49. The summed E-state index contributed by atoms with van der Waals surface area (Å²) in [7, 11) is 0. The second-order valence-corrected chi connectivity index (χ2v) is 6.13. The van der Waals surface area contributed by atoms with Gasteiger partial charge in [-0.1, -0.05) is 0 Å². The number of nitrogens with zero attached hydrogens (tertiary/aromatic N) is 3. The van der Waals surface area contributed by atoms with Gasteiger partial charge < -0.3 is 10.0 Å². The molecule has 1 aromatic heterocycles. The summed E-state index contributed by atoms with van der Waals surface area (Å²) < 4.78 is 0. The van der Waals surface area contributed by atoms with E-state index < -0.39 is 5.97 Å². The first-order chi connectivity index (χ1) is 9.95. The molecule has 21 heavy (non-hydrogen) atoms. The van der Waals surface area contributed by atoms with Gasteiger partial charge in [0.15, 0.2) is 0 Å². The Bertz CT molecular complexity index is 494. The Morgan fingerprint density at radius 2 is 2.05 bits per heavy atom. The molecule has 0 saturated carbocycles. The molecule has 0 aromatic carbocycles. The second-order valence-electron chi connectivity index (χ2n) is 6.13. The summed E-state index contributed by atoms with van der Waals surface area (Å²) in [6, 6.07) is 2.61. The average molecular weight is 291 g/mol. The minimum Gasteiger partial charge on any atom is -0.481 e. The fourth-order valence-corrected chi connectivity index (χ4v) is 2.94. The Labute approximate surface area is 126 Å². The number of carboxylic acids is 1. The quantitative estimate of drug-likeness (QED) is 0.902. The first-order valence-electron chi connectivity index (χ1n) is 7.76. The molecule has 0 bridgehead atoms. The summed E-state index contributed by atoms with van der Waals surface area (Å²) in [5.41, 5.74) is 1.94. The van der Waals surface area contributed by atoms with Crippen molar-refractivity contribution in [1.29, 1.82) is 0 Å². The van der Waals surface area contributed by atoms with Crippen molar-refractivity contribution >= 4 is 5.97 Å². The van der Waals surface area contributed by atoms with E-state index in [1.165, 1.54) is 0 Å². The summed E-state index contributed by atoms with van der Waals surface area (Å²) in [5, 5.41) is 8.79. The molecule has 1 aliphatic rings. The molecule has 0 unspecified atom stereocenters. The van der Waals surface area contributed by atoms with Crippen LogP contribution in [0.5, 0.6) is 0 Å². The highest BCUT2D eigenvalue weighted by atomic mass is 16.4. The van der Waals surface area contributed by atoms with Crippen molar-refractivity contribution in [3.63, 3.8) is 0 Å². The highest BCUT2D eigenvalue weighted by Crippen LogP contribution is 2.28. The molecule has 2 heterocycles. The van der Waals surface area contributed by atoms with Crippen LogP contribution in [0.3, 0.4) is 0 Å². The van der Waals surface area contributed by atoms with E-state index in [1.54, 1.807) is 0 Å². The molecule has 0 radical (unpaired) electrons. The molecule has 116 valence electrons. The monoisotopic (exact) mass is 291 g/mol. The molecular weight excluding hydrogens is 266 g/mol. The molecule has 0 amide bonds. The SMILES string of the molecule is Cc1nc(CCC(=O)O)cc(C2CCN(C(C)C)CC2)n1. The van der Waals surface area contributed by atoms with Gasteiger partial charge >= 0.3 is 5.97 Å². The summed E-state index contributed by atoms with van der Waals surface area (Å²) in [5.74, 6) is 0.447. The van der Waals surface area contributed by atoms with Crippen LogP contribution in [0.4, 0.5) is 0 Å². The van der Waals surface area contributed by atoms with Crippen molar-refractivity contribution in [2.24, 2.45) is 0 Å². The maximum absolute atomic E-state index is 10.7. The second kappa shape index (κ2) is 6.98. The standard InChI is InChI=1S/C16H25N3O2/c1-11(2)19-8-6-13(7-9-19)15-10-14(4-5-16(20)21)17-12(3)18-15/h10-11,13H,4-9H2,1-3H3,(H,20,21). The summed E-state index contributed by atoms with van der Waals surface area (Å²) in [6.07, 6.45) is 2.85. The van der Waals surface area contributed by atoms with Crippen LogP contribution in [-0.4, -0.2) is 45.1 Å². The molecule has 1 fully saturated rings. The topological polar surface area (TPSA) is 66.3 Å². The number of carboxylic acid groups (broad SMARTS) is 1. The number of aromatic nitrogens is 2. The number of carbonyl (C=O) groups is 1. The van der Waals surface area contributed by atoms with Crippen molar-refractivity contribution < 1.29 is 9.90 Å². The zero-order valence-corrected chi connectivity index (χ0v) is 13.2. The molecule has 1 N–H and O–H groups in total. The lowest BCUT2D eigenvalue weighted by Crippen LogP contribution is -2.38. The van der Waals surface area contributed by atoms with Gasteiger partial charge in [-0.2, -0.15) is 0 Å². The van der Waals surface area contributed by atoms with Gasteiger partial charge in [0.25, 0.3) is 0 Å². The number of piperidine rings is 1. The predicted molar refractivity (Wildman–Crippen MR) is 81.4 cm³/mol. The van der Waals surface area contributed by atoms with Crippen LogP contribution in [-0.2, 0) is 11.2 Å². The van der Waals surface area contributed by atoms with Crippen molar-refractivity contribution in [2.75, 3.05) is 13.1 Å². The van der Waals surface area contributed by atoms with Gasteiger partial charge in [0.05, 0.1) is 6.42 Å². The molecule has 5 heteroatoms. The van der Waals surface area contributed by atoms with E-state index in [0.29, 0.717) is 18.4 Å². The lowest BCUT2D eigenvalue weighted by molar-refractivity contribution is -0.136. The molecule has 1 aromatic rings. The Kier molecular flexibility index (Phi) is 5.28. The highest BCUT2D eigenvalue weighted by molar-refractivity contribution is 5.66. The smallest absolute Gasteiger partial charge is 0.303 e. The van der Waals surface area contributed by atoms with Crippen LogP contribution >= 0.6 is 0 Å². The Balaban J connectivity index is 2.04. The van der Waals surface area contributed by atoms with E-state index in [4.69, 9.17) is 5.11 Å². The van der Waals surface area contributed by atoms with Gasteiger partial charge in [-0.25, -0.2) is 9.97 Å². The minimum absolute atomic E-state index is 0.127. The van der Waals surface area contributed by atoms with Gasteiger partial charge in [0.1, 0.15) is 5.82 Å². The van der Waals surface area contributed by atoms with E-state index in [9.17, 15) is 4.79 Å². The van der Waals surface area contributed by atoms with Crippen LogP contribution in [0, 0.1) is 6.92 Å². The van der Waals surface area contributed by atoms with Crippen LogP contribution in [0.2, 0.25) is 0 Å². The van der Waals surface area contributed by atoms with Gasteiger partial charge in [-0.3, -0.25) is 4.79 Å². The van der Waals surface area contributed by atoms with Gasteiger partial charge in [0, 0.05) is 29.8 Å². The highest BCUT2D eigenvalue weighted by Gasteiger charge is 2.23. The average Bonchev–Trinajstić information content (AvgIpc) is 2.44. The lowest BCUT2D eigenvalue weighted by Gasteiger charge is -2.34. The van der Waals surface area contributed by atoms with Crippen molar-refractivity contribution in [1.82, 2.24) is 14.9 Å². The Morgan fingerprint density at radius 3 is 2.62 bits per heavy atom. The number of hydrogen-bond acceptors (Lipinski definition) is 4. The largest absolute Gasteiger partial charge is 0.481 e. The normalized spacial score (nSPS) is 17.3. The summed E-state index contributed by atoms with van der Waals surface area (Å²) >= 11 is 0.